The summed E-state index contributed by atoms with van der Waals surface area (Å²) in [5, 5.41) is 0. The molecule has 8 heteroatoms. The third kappa shape index (κ3) is 4.09. The largest absolute Gasteiger partial charge is 0.379 e. The number of aromatic nitrogens is 3. The molecule has 4 rings (SSSR count). The summed E-state index contributed by atoms with van der Waals surface area (Å²) in [6, 6.07) is 8.00. The fourth-order valence-electron chi connectivity index (χ4n) is 3.57. The second-order valence-electron chi connectivity index (χ2n) is 7.00. The molecule has 3 aromatic rings. The molecular formula is C20H25N5O2S. The van der Waals surface area contributed by atoms with Crippen molar-refractivity contribution in [3.05, 3.63) is 36.7 Å². The van der Waals surface area contributed by atoms with Crippen molar-refractivity contribution in [2.45, 2.75) is 17.9 Å². The third-order valence-electron chi connectivity index (χ3n) is 5.12. The molecule has 0 saturated carbocycles. The molecule has 7 nitrogen and oxygen atoms in total. The van der Waals surface area contributed by atoms with Crippen LogP contribution >= 0.6 is 0 Å². The van der Waals surface area contributed by atoms with Gasteiger partial charge in [0.2, 0.25) is 5.95 Å². The lowest BCUT2D eigenvalue weighted by Gasteiger charge is -2.26. The van der Waals surface area contributed by atoms with Crippen molar-refractivity contribution < 1.29 is 8.95 Å². The lowest BCUT2D eigenvalue weighted by molar-refractivity contribution is 0.0370. The molecule has 1 atom stereocenters. The number of nitrogen functional groups attached to an aromatic ring is 1. The first kappa shape index (κ1) is 19.0. The minimum absolute atomic E-state index is 0.538. The maximum atomic E-state index is 11.8. The molecule has 1 fully saturated rings. The number of anilines is 1. The van der Waals surface area contributed by atoms with Gasteiger partial charge in [-0.25, -0.2) is 4.98 Å². The van der Waals surface area contributed by atoms with Crippen molar-refractivity contribution in [1.82, 2.24) is 19.4 Å². The van der Waals surface area contributed by atoms with Crippen LogP contribution < -0.4 is 5.73 Å². The number of hydrogen-bond acceptors (Lipinski definition) is 6. The Kier molecular flexibility index (Phi) is 5.70. The van der Waals surface area contributed by atoms with Crippen LogP contribution in [-0.4, -0.2) is 62.7 Å². The molecule has 148 valence electrons. The summed E-state index contributed by atoms with van der Waals surface area (Å²) in [6.07, 6.45) is 6.10. The highest BCUT2D eigenvalue weighted by Crippen LogP contribution is 2.27. The number of pyridine rings is 1. The summed E-state index contributed by atoms with van der Waals surface area (Å²) >= 11 is 0. The van der Waals surface area contributed by atoms with Crippen LogP contribution in [0.25, 0.3) is 22.2 Å². The molecular weight excluding hydrogens is 374 g/mol. The van der Waals surface area contributed by atoms with Gasteiger partial charge in [-0.1, -0.05) is 6.07 Å². The SMILES string of the molecule is CS(=O)c1cncc(-c2ccc3nc(N)n(CCCN4CCOCC4)c3c2)c1. The van der Waals surface area contributed by atoms with Crippen molar-refractivity contribution in [3.8, 4) is 11.1 Å². The number of rotatable bonds is 6. The van der Waals surface area contributed by atoms with Gasteiger partial charge in [0, 0.05) is 50.4 Å². The van der Waals surface area contributed by atoms with Crippen LogP contribution in [-0.2, 0) is 22.1 Å². The number of aryl methyl sites for hydroxylation is 1. The zero-order valence-corrected chi connectivity index (χ0v) is 16.8. The minimum Gasteiger partial charge on any atom is -0.379 e. The maximum absolute atomic E-state index is 11.8. The predicted octanol–water partition coefficient (Wildman–Crippen LogP) is 2.14. The molecule has 2 N–H and O–H groups in total. The average molecular weight is 400 g/mol. The predicted molar refractivity (Wildman–Crippen MR) is 112 cm³/mol. The number of ether oxygens (including phenoxy) is 1. The van der Waals surface area contributed by atoms with Crippen molar-refractivity contribution in [1.29, 1.82) is 0 Å². The fraction of sp³-hybridized carbons (Fsp3) is 0.400. The second kappa shape index (κ2) is 8.38. The van der Waals surface area contributed by atoms with Crippen molar-refractivity contribution in [3.63, 3.8) is 0 Å². The van der Waals surface area contributed by atoms with E-state index in [1.807, 2.05) is 18.2 Å². The van der Waals surface area contributed by atoms with E-state index in [4.69, 9.17) is 10.5 Å². The van der Waals surface area contributed by atoms with Crippen molar-refractivity contribution in [2.75, 3.05) is 44.8 Å². The first-order chi connectivity index (χ1) is 13.6. The van der Waals surface area contributed by atoms with Gasteiger partial charge in [0.15, 0.2) is 0 Å². The molecule has 1 aromatic carbocycles. The van der Waals surface area contributed by atoms with Gasteiger partial charge in [0.1, 0.15) is 0 Å². The van der Waals surface area contributed by atoms with Gasteiger partial charge < -0.3 is 15.0 Å². The summed E-state index contributed by atoms with van der Waals surface area (Å²) in [7, 11) is -1.06. The Morgan fingerprint density at radius 2 is 1.96 bits per heavy atom. The van der Waals surface area contributed by atoms with Crippen LogP contribution in [0.1, 0.15) is 6.42 Å². The second-order valence-corrected chi connectivity index (χ2v) is 8.38. The first-order valence-electron chi connectivity index (χ1n) is 9.46. The standard InChI is InChI=1S/C20H25N5O2S/c1-28(26)17-11-16(13-22-14-17)15-3-4-18-19(12-15)25(20(21)23-18)6-2-5-24-7-9-27-10-8-24/h3-4,11-14H,2,5-10H2,1H3,(H2,21,23). The quantitative estimate of drug-likeness (QED) is 0.683. The molecule has 0 radical (unpaired) electrons. The van der Waals surface area contributed by atoms with E-state index in [9.17, 15) is 4.21 Å². The normalized spacial score (nSPS) is 16.5. The molecule has 3 heterocycles. The number of nitrogens with zero attached hydrogens (tertiary/aromatic N) is 4. The highest BCUT2D eigenvalue weighted by atomic mass is 32.2. The van der Waals surface area contributed by atoms with Gasteiger partial charge >= 0.3 is 0 Å². The molecule has 1 saturated heterocycles. The van der Waals surface area contributed by atoms with Crippen molar-refractivity contribution in [2.24, 2.45) is 0 Å². The number of morpholine rings is 1. The Hall–Kier alpha value is -2.29. The number of hydrogen-bond donors (Lipinski definition) is 1. The van der Waals surface area contributed by atoms with Gasteiger partial charge in [0.05, 0.1) is 39.9 Å². The van der Waals surface area contributed by atoms with Gasteiger partial charge in [-0.3, -0.25) is 14.1 Å². The van der Waals surface area contributed by atoms with E-state index in [0.717, 1.165) is 72.9 Å². The molecule has 0 spiro atoms. The van der Waals surface area contributed by atoms with E-state index in [0.29, 0.717) is 5.95 Å². The Bertz CT molecular complexity index is 997. The molecule has 0 amide bonds. The Morgan fingerprint density at radius 1 is 1.14 bits per heavy atom. The van der Waals surface area contributed by atoms with Crippen LogP contribution in [0.3, 0.4) is 0 Å². The van der Waals surface area contributed by atoms with E-state index < -0.39 is 10.8 Å². The van der Waals surface area contributed by atoms with Gasteiger partial charge in [-0.15, -0.1) is 0 Å². The summed E-state index contributed by atoms with van der Waals surface area (Å²) in [6.45, 7) is 5.46. The van der Waals surface area contributed by atoms with E-state index in [2.05, 4.69) is 25.5 Å². The summed E-state index contributed by atoms with van der Waals surface area (Å²) < 4.78 is 19.3. The number of fused-ring (bicyclic) bond motifs is 1. The van der Waals surface area contributed by atoms with E-state index in [-0.39, 0.29) is 0 Å². The zero-order valence-electron chi connectivity index (χ0n) is 16.0. The minimum atomic E-state index is -1.06. The molecule has 1 unspecified atom stereocenters. The molecule has 0 aliphatic carbocycles. The molecule has 1 aliphatic heterocycles. The van der Waals surface area contributed by atoms with Crippen LogP contribution in [0, 0.1) is 0 Å². The first-order valence-corrected chi connectivity index (χ1v) is 11.0. The number of nitrogens with two attached hydrogens (primary N) is 1. The van der Waals surface area contributed by atoms with E-state index in [1.54, 1.807) is 18.6 Å². The monoisotopic (exact) mass is 399 g/mol. The van der Waals surface area contributed by atoms with Crippen LogP contribution in [0.4, 0.5) is 5.95 Å². The molecule has 28 heavy (non-hydrogen) atoms. The topological polar surface area (TPSA) is 86.3 Å². The highest BCUT2D eigenvalue weighted by molar-refractivity contribution is 7.84. The number of benzene rings is 1. The lowest BCUT2D eigenvalue weighted by Crippen LogP contribution is -2.37. The smallest absolute Gasteiger partial charge is 0.201 e. The fourth-order valence-corrected chi connectivity index (χ4v) is 4.07. The highest BCUT2D eigenvalue weighted by Gasteiger charge is 2.13. The average Bonchev–Trinajstić information content (AvgIpc) is 3.03. The van der Waals surface area contributed by atoms with Gasteiger partial charge in [-0.05, 0) is 30.2 Å². The van der Waals surface area contributed by atoms with Crippen molar-refractivity contribution >= 4 is 27.8 Å². The van der Waals surface area contributed by atoms with Crippen LogP contribution in [0.2, 0.25) is 0 Å². The molecule has 1 aliphatic rings. The van der Waals surface area contributed by atoms with Crippen LogP contribution in [0.15, 0.2) is 41.6 Å². The number of imidazole rings is 1. The molecule has 0 bridgehead atoms. The Morgan fingerprint density at radius 3 is 2.75 bits per heavy atom. The van der Waals surface area contributed by atoms with Gasteiger partial charge in [0.25, 0.3) is 0 Å². The summed E-state index contributed by atoms with van der Waals surface area (Å²) in [5.74, 6) is 0.538. The van der Waals surface area contributed by atoms with E-state index in [1.165, 1.54) is 0 Å². The van der Waals surface area contributed by atoms with Crippen LogP contribution in [0.5, 0.6) is 0 Å². The maximum Gasteiger partial charge on any atom is 0.201 e. The van der Waals surface area contributed by atoms with Gasteiger partial charge in [-0.2, -0.15) is 0 Å². The van der Waals surface area contributed by atoms with E-state index >= 15 is 0 Å². The zero-order chi connectivity index (χ0) is 19.5. The Balaban J connectivity index is 1.57. The summed E-state index contributed by atoms with van der Waals surface area (Å²) in [4.78, 5) is 11.9. The lowest BCUT2D eigenvalue weighted by atomic mass is 10.1. The Labute approximate surface area is 167 Å². The summed E-state index contributed by atoms with van der Waals surface area (Å²) in [5.41, 5.74) is 10.0. The molecule has 2 aromatic heterocycles. The third-order valence-corrected chi connectivity index (χ3v) is 6.00.